The molecule has 2 aliphatic carbocycles. The number of hydrogen-bond acceptors (Lipinski definition) is 3. The highest BCUT2D eigenvalue weighted by atomic mass is 16.6. The number of carboxylic acids is 1. The van der Waals surface area contributed by atoms with E-state index in [1.807, 2.05) is 0 Å². The largest absolute Gasteiger partial charge is 0.481 e. The zero-order valence-corrected chi connectivity index (χ0v) is 11.4. The second-order valence-corrected chi connectivity index (χ2v) is 6.71. The average Bonchev–Trinajstić information content (AvgIpc) is 3.15. The highest BCUT2D eigenvalue weighted by molar-refractivity contribution is 5.70. The molecule has 3 rings (SSSR count). The van der Waals surface area contributed by atoms with Gasteiger partial charge in [0, 0.05) is 10.0 Å². The first-order chi connectivity index (χ1) is 10.1. The van der Waals surface area contributed by atoms with Crippen molar-refractivity contribution in [2.45, 2.75) is 63.7 Å². The summed E-state index contributed by atoms with van der Waals surface area (Å²) >= 11 is 0. The van der Waals surface area contributed by atoms with Crippen molar-refractivity contribution in [3.05, 3.63) is 0 Å². The third-order valence-electron chi connectivity index (χ3n) is 5.74. The van der Waals surface area contributed by atoms with Gasteiger partial charge in [-0.15, -0.1) is 0 Å². The van der Waals surface area contributed by atoms with Crippen LogP contribution < -0.4 is 0 Å². The Morgan fingerprint density at radius 3 is 2.84 bits per heavy atom. The number of carbonyl (C=O) groups is 1. The molecule has 2 N–H and O–H groups in total. The Bertz CT molecular complexity index is 494. The van der Waals surface area contributed by atoms with Crippen molar-refractivity contribution in [2.24, 2.45) is 23.7 Å². The Morgan fingerprint density at radius 2 is 2.21 bits per heavy atom. The van der Waals surface area contributed by atoms with Crippen molar-refractivity contribution < 1.29 is 23.9 Å². The number of aliphatic hydroxyl groups is 1. The fourth-order valence-electron chi connectivity index (χ4n) is 4.54. The number of ether oxygens (including phenoxy) is 1. The van der Waals surface area contributed by atoms with E-state index in [1.54, 1.807) is 6.92 Å². The average molecular weight is 271 g/mol. The maximum absolute atomic E-state index is 11.4. The number of fused-ring (bicyclic) bond motifs is 3. The molecular formula is C15H24O4. The van der Waals surface area contributed by atoms with Crippen molar-refractivity contribution in [1.82, 2.24) is 0 Å². The van der Waals surface area contributed by atoms with E-state index in [2.05, 4.69) is 6.92 Å². The lowest BCUT2D eigenvalue weighted by molar-refractivity contribution is -0.170. The summed E-state index contributed by atoms with van der Waals surface area (Å²) in [6.45, 7) is 1.38. The SMILES string of the molecule is [2H]C([2H])([2H])[C@@]12CC[C@H]3[C@H](C)CC[C@@H]([C@H](C)C(=O)O)[C@@]3(O)[C@@H]1O2. The molecule has 0 spiro atoms. The molecular weight excluding hydrogens is 244 g/mol. The van der Waals surface area contributed by atoms with Gasteiger partial charge >= 0.3 is 5.97 Å². The van der Waals surface area contributed by atoms with Crippen molar-refractivity contribution in [3.63, 3.8) is 0 Å². The third-order valence-corrected chi connectivity index (χ3v) is 5.74. The minimum absolute atomic E-state index is 0.0870. The van der Waals surface area contributed by atoms with Crippen LogP contribution in [0.3, 0.4) is 0 Å². The molecule has 0 amide bonds. The molecule has 0 radical (unpaired) electrons. The topological polar surface area (TPSA) is 70.1 Å². The first-order valence-corrected chi connectivity index (χ1v) is 7.18. The summed E-state index contributed by atoms with van der Waals surface area (Å²) in [5, 5.41) is 20.8. The lowest BCUT2D eigenvalue weighted by atomic mass is 9.54. The monoisotopic (exact) mass is 271 g/mol. The fourth-order valence-corrected chi connectivity index (χ4v) is 4.54. The highest BCUT2D eigenvalue weighted by Gasteiger charge is 2.72. The van der Waals surface area contributed by atoms with Crippen LogP contribution in [0.2, 0.25) is 0 Å². The van der Waals surface area contributed by atoms with Crippen LogP contribution in [0.25, 0.3) is 0 Å². The van der Waals surface area contributed by atoms with Gasteiger partial charge in [0.25, 0.3) is 0 Å². The number of rotatable bonds is 2. The summed E-state index contributed by atoms with van der Waals surface area (Å²) in [7, 11) is 0. The number of carboxylic acid groups (broad SMARTS) is 1. The molecule has 0 bridgehead atoms. The molecule has 0 aromatic rings. The van der Waals surface area contributed by atoms with Gasteiger partial charge in [0.2, 0.25) is 0 Å². The van der Waals surface area contributed by atoms with Crippen LogP contribution in [0.4, 0.5) is 0 Å². The quantitative estimate of drug-likeness (QED) is 0.754. The fraction of sp³-hybridized carbons (Fsp3) is 0.933. The Labute approximate surface area is 118 Å². The molecule has 7 atom stereocenters. The summed E-state index contributed by atoms with van der Waals surface area (Å²) in [6, 6.07) is 0. The molecule has 0 aromatic carbocycles. The number of hydrogen-bond donors (Lipinski definition) is 2. The Balaban J connectivity index is 1.99. The smallest absolute Gasteiger partial charge is 0.306 e. The molecule has 1 aliphatic heterocycles. The Hall–Kier alpha value is -0.610. The summed E-state index contributed by atoms with van der Waals surface area (Å²) in [4.78, 5) is 11.4. The minimum atomic E-state index is -2.28. The second-order valence-electron chi connectivity index (χ2n) is 6.71. The van der Waals surface area contributed by atoms with Gasteiger partial charge in [-0.3, -0.25) is 4.79 Å². The molecule has 4 heteroatoms. The predicted molar refractivity (Wildman–Crippen MR) is 69.6 cm³/mol. The molecule has 0 aromatic heterocycles. The summed E-state index contributed by atoms with van der Waals surface area (Å²) in [5.74, 6) is -1.95. The van der Waals surface area contributed by atoms with E-state index in [9.17, 15) is 15.0 Å². The number of aliphatic carboxylic acids is 1. The normalized spacial score (nSPS) is 56.9. The lowest BCUT2D eigenvalue weighted by Gasteiger charge is -2.52. The van der Waals surface area contributed by atoms with E-state index < -0.39 is 42.0 Å². The van der Waals surface area contributed by atoms with Crippen LogP contribution in [0.15, 0.2) is 0 Å². The highest BCUT2D eigenvalue weighted by Crippen LogP contribution is 2.62. The van der Waals surface area contributed by atoms with Gasteiger partial charge in [-0.2, -0.15) is 0 Å². The molecule has 19 heavy (non-hydrogen) atoms. The van der Waals surface area contributed by atoms with Crippen molar-refractivity contribution in [3.8, 4) is 0 Å². The van der Waals surface area contributed by atoms with Gasteiger partial charge in [-0.25, -0.2) is 0 Å². The molecule has 3 fully saturated rings. The molecule has 0 unspecified atom stereocenters. The van der Waals surface area contributed by atoms with Crippen molar-refractivity contribution >= 4 is 5.97 Å². The van der Waals surface area contributed by atoms with Crippen LogP contribution in [0.1, 0.15) is 50.5 Å². The lowest BCUT2D eigenvalue weighted by Crippen LogP contribution is -2.60. The van der Waals surface area contributed by atoms with Crippen LogP contribution in [0, 0.1) is 23.7 Å². The Morgan fingerprint density at radius 1 is 1.47 bits per heavy atom. The standard InChI is InChI=1S/C15H24O4/c1-8-4-5-11(9(2)12(16)17)15(18)10(8)6-7-14(3)13(15)19-14/h8-11,13,18H,4-7H2,1-3H3,(H,16,17)/t8-,9+,10+,11+,13-,14-,15-/m1/s1/i3D3. The predicted octanol–water partition coefficient (Wildman–Crippen LogP) is 2.05. The molecule has 1 heterocycles. The van der Waals surface area contributed by atoms with Crippen LogP contribution in [0.5, 0.6) is 0 Å². The second kappa shape index (κ2) is 3.95. The first-order valence-electron chi connectivity index (χ1n) is 8.68. The zero-order chi connectivity index (χ0) is 16.5. The first kappa shape index (κ1) is 10.2. The van der Waals surface area contributed by atoms with Gasteiger partial charge in [0.05, 0.1) is 11.5 Å². The van der Waals surface area contributed by atoms with Crippen LogP contribution >= 0.6 is 0 Å². The summed E-state index contributed by atoms with van der Waals surface area (Å²) < 4.78 is 28.8. The minimum Gasteiger partial charge on any atom is -0.481 e. The van der Waals surface area contributed by atoms with Crippen molar-refractivity contribution in [1.29, 1.82) is 0 Å². The maximum Gasteiger partial charge on any atom is 0.306 e. The van der Waals surface area contributed by atoms with E-state index in [1.165, 1.54) is 0 Å². The maximum atomic E-state index is 11.4. The van der Waals surface area contributed by atoms with Gasteiger partial charge in [-0.05, 0) is 44.4 Å². The van der Waals surface area contributed by atoms with E-state index in [4.69, 9.17) is 8.85 Å². The van der Waals surface area contributed by atoms with Gasteiger partial charge in [0.15, 0.2) is 0 Å². The zero-order valence-electron chi connectivity index (χ0n) is 14.4. The van der Waals surface area contributed by atoms with E-state index in [0.29, 0.717) is 19.3 Å². The third kappa shape index (κ3) is 1.69. The summed E-state index contributed by atoms with van der Waals surface area (Å²) in [6.07, 6.45) is 1.69. The molecule has 1 saturated heterocycles. The Kier molecular flexibility index (Phi) is 2.11. The van der Waals surface area contributed by atoms with Gasteiger partial charge in [0.1, 0.15) is 11.7 Å². The number of epoxide rings is 1. The van der Waals surface area contributed by atoms with Crippen LogP contribution in [-0.2, 0) is 9.53 Å². The van der Waals surface area contributed by atoms with E-state index in [-0.39, 0.29) is 11.8 Å². The molecule has 4 nitrogen and oxygen atoms in total. The molecule has 3 aliphatic rings. The van der Waals surface area contributed by atoms with E-state index in [0.717, 1.165) is 6.42 Å². The van der Waals surface area contributed by atoms with Gasteiger partial charge < -0.3 is 14.9 Å². The molecule has 108 valence electrons. The van der Waals surface area contributed by atoms with E-state index >= 15 is 0 Å². The van der Waals surface area contributed by atoms with Crippen molar-refractivity contribution in [2.75, 3.05) is 0 Å². The van der Waals surface area contributed by atoms with Gasteiger partial charge in [-0.1, -0.05) is 13.8 Å². The molecule has 2 saturated carbocycles. The van der Waals surface area contributed by atoms with Crippen LogP contribution in [-0.4, -0.2) is 33.5 Å². The summed E-state index contributed by atoms with van der Waals surface area (Å²) in [5.41, 5.74) is -2.62.